The third-order valence-corrected chi connectivity index (χ3v) is 1.86. The smallest absolute Gasteiger partial charge is 0.258 e. The lowest BCUT2D eigenvalue weighted by atomic mass is 10.3. The van der Waals surface area contributed by atoms with Crippen LogP contribution in [-0.4, -0.2) is 30.3 Å². The molecule has 1 amide bonds. The number of hydrogen-bond donors (Lipinski definition) is 2. The summed E-state index contributed by atoms with van der Waals surface area (Å²) >= 11 is 0. The maximum absolute atomic E-state index is 12.5. The highest BCUT2D eigenvalue weighted by molar-refractivity contribution is 5.77. The van der Waals surface area contributed by atoms with Gasteiger partial charge in [0.2, 0.25) is 0 Å². The van der Waals surface area contributed by atoms with E-state index in [-0.39, 0.29) is 31.0 Å². The van der Waals surface area contributed by atoms with Crippen LogP contribution in [0.1, 0.15) is 6.92 Å². The maximum Gasteiger partial charge on any atom is 0.258 e. The lowest BCUT2D eigenvalue weighted by Gasteiger charge is -2.11. The van der Waals surface area contributed by atoms with Crippen molar-refractivity contribution in [2.45, 2.75) is 13.0 Å². The molecule has 0 fully saturated rings. The largest absolute Gasteiger partial charge is 0.484 e. The van der Waals surface area contributed by atoms with Crippen molar-refractivity contribution >= 4 is 5.91 Å². The molecule has 0 heterocycles. The predicted molar refractivity (Wildman–Crippen MR) is 56.6 cm³/mol. The molecule has 1 rings (SSSR count). The molecule has 5 heteroatoms. The van der Waals surface area contributed by atoms with Crippen LogP contribution in [0.5, 0.6) is 5.75 Å². The lowest BCUT2D eigenvalue weighted by Crippen LogP contribution is -2.38. The average molecular weight is 227 g/mol. The predicted octanol–water partition coefficient (Wildman–Crippen LogP) is 0.701. The summed E-state index contributed by atoms with van der Waals surface area (Å²) in [7, 11) is 0. The molecule has 0 aliphatic carbocycles. The molecule has 0 spiro atoms. The topological polar surface area (TPSA) is 58.6 Å². The van der Waals surface area contributed by atoms with E-state index in [1.165, 1.54) is 24.3 Å². The Balaban J connectivity index is 2.34. The van der Waals surface area contributed by atoms with Crippen molar-refractivity contribution in [2.24, 2.45) is 0 Å². The third kappa shape index (κ3) is 4.27. The third-order valence-electron chi connectivity index (χ3n) is 1.86. The van der Waals surface area contributed by atoms with Gasteiger partial charge in [-0.1, -0.05) is 0 Å². The van der Waals surface area contributed by atoms with Gasteiger partial charge in [0.25, 0.3) is 5.91 Å². The molecule has 16 heavy (non-hydrogen) atoms. The molecule has 0 bridgehead atoms. The highest BCUT2D eigenvalue weighted by Crippen LogP contribution is 2.10. The van der Waals surface area contributed by atoms with Gasteiger partial charge in [-0.3, -0.25) is 4.79 Å². The molecule has 0 saturated carbocycles. The summed E-state index contributed by atoms with van der Waals surface area (Å²) in [6.45, 7) is 1.40. The van der Waals surface area contributed by atoms with E-state index >= 15 is 0 Å². The molecule has 1 atom stereocenters. The standard InChI is InChI=1S/C11H14FNO3/c1-8(6-14)13-11(15)7-16-10-4-2-9(12)3-5-10/h2-5,8,14H,6-7H2,1H3,(H,13,15). The second-order valence-electron chi connectivity index (χ2n) is 3.39. The number of aliphatic hydroxyl groups excluding tert-OH is 1. The normalized spacial score (nSPS) is 11.9. The first kappa shape index (κ1) is 12.4. The van der Waals surface area contributed by atoms with Crippen LogP contribution >= 0.6 is 0 Å². The Bertz CT molecular complexity index is 340. The molecule has 88 valence electrons. The minimum atomic E-state index is -0.356. The number of rotatable bonds is 5. The van der Waals surface area contributed by atoms with Gasteiger partial charge in [0.1, 0.15) is 11.6 Å². The Morgan fingerprint density at radius 3 is 2.69 bits per heavy atom. The molecule has 0 aliphatic rings. The Kier molecular flexibility index (Phi) is 4.72. The minimum Gasteiger partial charge on any atom is -0.484 e. The zero-order valence-corrected chi connectivity index (χ0v) is 8.94. The Hall–Kier alpha value is -1.62. The molecule has 0 aliphatic heterocycles. The number of hydrogen-bond acceptors (Lipinski definition) is 3. The van der Waals surface area contributed by atoms with Crippen LogP contribution in [0.25, 0.3) is 0 Å². The minimum absolute atomic E-state index is 0.123. The molecule has 0 aromatic heterocycles. The monoisotopic (exact) mass is 227 g/mol. The summed E-state index contributed by atoms with van der Waals surface area (Å²) in [6.07, 6.45) is 0. The highest BCUT2D eigenvalue weighted by atomic mass is 19.1. The maximum atomic E-state index is 12.5. The summed E-state index contributed by atoms with van der Waals surface area (Å²) in [6, 6.07) is 5.09. The average Bonchev–Trinajstić information content (AvgIpc) is 2.28. The molecule has 0 saturated heterocycles. The molecule has 0 radical (unpaired) electrons. The Morgan fingerprint density at radius 1 is 1.50 bits per heavy atom. The Labute approximate surface area is 93.0 Å². The zero-order valence-electron chi connectivity index (χ0n) is 8.94. The summed E-state index contributed by atoms with van der Waals surface area (Å²) in [5, 5.41) is 11.2. The number of ether oxygens (including phenoxy) is 1. The van der Waals surface area contributed by atoms with Crippen LogP contribution in [0, 0.1) is 5.82 Å². The van der Waals surface area contributed by atoms with E-state index in [1.807, 2.05) is 0 Å². The van der Waals surface area contributed by atoms with Crippen molar-refractivity contribution in [3.63, 3.8) is 0 Å². The second-order valence-corrected chi connectivity index (χ2v) is 3.39. The number of nitrogens with one attached hydrogen (secondary N) is 1. The van der Waals surface area contributed by atoms with Crippen molar-refractivity contribution in [1.82, 2.24) is 5.32 Å². The van der Waals surface area contributed by atoms with Gasteiger partial charge in [0.05, 0.1) is 6.61 Å². The molecule has 4 nitrogen and oxygen atoms in total. The summed E-state index contributed by atoms with van der Waals surface area (Å²) in [5.41, 5.74) is 0. The van der Waals surface area contributed by atoms with E-state index in [1.54, 1.807) is 6.92 Å². The van der Waals surface area contributed by atoms with E-state index in [2.05, 4.69) is 5.32 Å². The lowest BCUT2D eigenvalue weighted by molar-refractivity contribution is -0.123. The number of benzene rings is 1. The van der Waals surface area contributed by atoms with E-state index in [4.69, 9.17) is 9.84 Å². The van der Waals surface area contributed by atoms with Crippen LogP contribution in [0.15, 0.2) is 24.3 Å². The summed E-state index contributed by atoms with van der Waals surface area (Å²) < 4.78 is 17.6. The van der Waals surface area contributed by atoms with E-state index < -0.39 is 0 Å². The van der Waals surface area contributed by atoms with Crippen molar-refractivity contribution in [1.29, 1.82) is 0 Å². The van der Waals surface area contributed by atoms with Crippen molar-refractivity contribution < 1.29 is 19.0 Å². The van der Waals surface area contributed by atoms with Gasteiger partial charge >= 0.3 is 0 Å². The fraction of sp³-hybridized carbons (Fsp3) is 0.364. The molecule has 2 N–H and O–H groups in total. The highest BCUT2D eigenvalue weighted by Gasteiger charge is 2.06. The fourth-order valence-corrected chi connectivity index (χ4v) is 1.04. The van der Waals surface area contributed by atoms with Crippen molar-refractivity contribution in [3.8, 4) is 5.75 Å². The number of carbonyl (C=O) groups is 1. The van der Waals surface area contributed by atoms with Crippen molar-refractivity contribution in [2.75, 3.05) is 13.2 Å². The molecule has 1 aromatic carbocycles. The van der Waals surface area contributed by atoms with Gasteiger partial charge in [-0.15, -0.1) is 0 Å². The van der Waals surface area contributed by atoms with E-state index in [0.29, 0.717) is 5.75 Å². The Morgan fingerprint density at radius 2 is 2.12 bits per heavy atom. The first-order valence-corrected chi connectivity index (χ1v) is 4.90. The fourth-order valence-electron chi connectivity index (χ4n) is 1.04. The van der Waals surface area contributed by atoms with Gasteiger partial charge in [0.15, 0.2) is 6.61 Å². The SMILES string of the molecule is CC(CO)NC(=O)COc1ccc(F)cc1. The van der Waals surface area contributed by atoms with Gasteiger partial charge < -0.3 is 15.2 Å². The van der Waals surface area contributed by atoms with E-state index in [0.717, 1.165) is 0 Å². The van der Waals surface area contributed by atoms with Gasteiger partial charge in [-0.25, -0.2) is 4.39 Å². The second kappa shape index (κ2) is 6.07. The van der Waals surface area contributed by atoms with Crippen LogP contribution < -0.4 is 10.1 Å². The van der Waals surface area contributed by atoms with E-state index in [9.17, 15) is 9.18 Å². The van der Waals surface area contributed by atoms with Gasteiger partial charge in [0, 0.05) is 6.04 Å². The molecule has 1 aromatic rings. The quantitative estimate of drug-likeness (QED) is 0.778. The summed E-state index contributed by atoms with van der Waals surface area (Å²) in [5.74, 6) is -0.259. The number of aliphatic hydroxyl groups is 1. The van der Waals surface area contributed by atoms with Crippen molar-refractivity contribution in [3.05, 3.63) is 30.1 Å². The van der Waals surface area contributed by atoms with Crippen LogP contribution in [0.2, 0.25) is 0 Å². The number of carbonyl (C=O) groups excluding carboxylic acids is 1. The van der Waals surface area contributed by atoms with Crippen LogP contribution in [-0.2, 0) is 4.79 Å². The van der Waals surface area contributed by atoms with Gasteiger partial charge in [-0.2, -0.15) is 0 Å². The van der Waals surface area contributed by atoms with Crippen LogP contribution in [0.3, 0.4) is 0 Å². The molecule has 1 unspecified atom stereocenters. The number of halogens is 1. The zero-order chi connectivity index (χ0) is 12.0. The molecular formula is C11H14FNO3. The molecular weight excluding hydrogens is 213 g/mol. The summed E-state index contributed by atoms with van der Waals surface area (Å²) in [4.78, 5) is 11.2. The van der Waals surface area contributed by atoms with Gasteiger partial charge in [-0.05, 0) is 31.2 Å². The first-order valence-electron chi connectivity index (χ1n) is 4.90. The number of amides is 1. The first-order chi connectivity index (χ1) is 7.61. The van der Waals surface area contributed by atoms with Crippen LogP contribution in [0.4, 0.5) is 4.39 Å².